The third-order valence-corrected chi connectivity index (χ3v) is 3.32. The number of hydrogen-bond donors (Lipinski definition) is 1. The van der Waals surface area contributed by atoms with Gasteiger partial charge in [-0.05, 0) is 28.8 Å². The largest absolute Gasteiger partial charge is 0.478 e. The van der Waals surface area contributed by atoms with E-state index < -0.39 is 5.97 Å². The topological polar surface area (TPSA) is 37.3 Å². The van der Waals surface area contributed by atoms with E-state index in [1.54, 1.807) is 18.2 Å². The number of aliphatic carboxylic acids is 1. The van der Waals surface area contributed by atoms with Crippen LogP contribution in [-0.2, 0) is 4.79 Å². The number of rotatable bonds is 3. The summed E-state index contributed by atoms with van der Waals surface area (Å²) in [5.74, 6) is -1.01. The molecule has 0 unspecified atom stereocenters. The van der Waals surface area contributed by atoms with Crippen molar-refractivity contribution in [2.75, 3.05) is 0 Å². The molecule has 0 spiro atoms. The summed E-state index contributed by atoms with van der Waals surface area (Å²) in [7, 11) is 0. The molecule has 0 heterocycles. The van der Waals surface area contributed by atoms with E-state index in [0.717, 1.165) is 11.6 Å². The lowest BCUT2D eigenvalue weighted by Crippen LogP contribution is -1.94. The summed E-state index contributed by atoms with van der Waals surface area (Å²) < 4.78 is 0. The Kier molecular flexibility index (Phi) is 4.25. The predicted octanol–water partition coefficient (Wildman–Crippen LogP) is 4.51. The van der Waals surface area contributed by atoms with Crippen LogP contribution in [0.1, 0.15) is 11.1 Å². The maximum atomic E-state index is 11.0. The molecule has 2 aromatic rings. The van der Waals surface area contributed by atoms with E-state index in [2.05, 4.69) is 0 Å². The molecule has 2 nitrogen and oxygen atoms in total. The van der Waals surface area contributed by atoms with Crippen molar-refractivity contribution in [2.24, 2.45) is 0 Å². The van der Waals surface area contributed by atoms with Crippen LogP contribution >= 0.6 is 23.2 Å². The Balaban J connectivity index is 2.56. The molecule has 1 N–H and O–H groups in total. The quantitative estimate of drug-likeness (QED) is 0.845. The second kappa shape index (κ2) is 5.91. The van der Waals surface area contributed by atoms with Gasteiger partial charge < -0.3 is 5.11 Å². The highest BCUT2D eigenvalue weighted by atomic mass is 35.5. The van der Waals surface area contributed by atoms with Crippen LogP contribution in [0.3, 0.4) is 0 Å². The fourth-order valence-corrected chi connectivity index (χ4v) is 2.04. The highest BCUT2D eigenvalue weighted by molar-refractivity contribution is 6.42. The highest BCUT2D eigenvalue weighted by Gasteiger charge is 2.09. The lowest BCUT2D eigenvalue weighted by atomic mass is 9.97. The Morgan fingerprint density at radius 2 is 1.63 bits per heavy atom. The van der Waals surface area contributed by atoms with Crippen LogP contribution in [0.25, 0.3) is 5.57 Å². The van der Waals surface area contributed by atoms with Gasteiger partial charge in [-0.3, -0.25) is 0 Å². The molecule has 2 aromatic carbocycles. The Morgan fingerprint density at radius 3 is 2.21 bits per heavy atom. The van der Waals surface area contributed by atoms with Crippen LogP contribution in [0.2, 0.25) is 10.0 Å². The number of halogens is 2. The van der Waals surface area contributed by atoms with Crippen LogP contribution < -0.4 is 0 Å². The molecule has 0 aliphatic heterocycles. The van der Waals surface area contributed by atoms with Gasteiger partial charge in [0.25, 0.3) is 0 Å². The molecule has 0 atom stereocenters. The Labute approximate surface area is 120 Å². The first-order valence-electron chi connectivity index (χ1n) is 5.53. The van der Waals surface area contributed by atoms with Gasteiger partial charge in [-0.25, -0.2) is 4.79 Å². The van der Waals surface area contributed by atoms with E-state index in [1.165, 1.54) is 0 Å². The van der Waals surface area contributed by atoms with Crippen LogP contribution in [0.15, 0.2) is 54.6 Å². The first kappa shape index (κ1) is 13.7. The molecule has 0 bridgehead atoms. The summed E-state index contributed by atoms with van der Waals surface area (Å²) in [6.07, 6.45) is 1.16. The molecule has 0 aliphatic carbocycles. The number of carbonyl (C=O) groups is 1. The minimum Gasteiger partial charge on any atom is -0.478 e. The average molecular weight is 293 g/mol. The van der Waals surface area contributed by atoms with Crippen molar-refractivity contribution in [2.45, 2.75) is 0 Å². The third-order valence-electron chi connectivity index (χ3n) is 2.58. The molecular weight excluding hydrogens is 283 g/mol. The Hall–Kier alpha value is -1.77. The molecule has 96 valence electrons. The molecule has 0 radical (unpaired) electrons. The zero-order chi connectivity index (χ0) is 13.8. The molecule has 0 amide bonds. The number of hydrogen-bond acceptors (Lipinski definition) is 1. The Bertz CT molecular complexity index is 634. The molecule has 0 aliphatic rings. The lowest BCUT2D eigenvalue weighted by Gasteiger charge is -2.08. The van der Waals surface area contributed by atoms with E-state index in [1.807, 2.05) is 30.3 Å². The van der Waals surface area contributed by atoms with Gasteiger partial charge >= 0.3 is 5.97 Å². The Morgan fingerprint density at radius 1 is 0.947 bits per heavy atom. The summed E-state index contributed by atoms with van der Waals surface area (Å²) >= 11 is 11.8. The maximum absolute atomic E-state index is 11.0. The van der Waals surface area contributed by atoms with E-state index in [4.69, 9.17) is 28.3 Å². The first-order valence-corrected chi connectivity index (χ1v) is 6.29. The maximum Gasteiger partial charge on any atom is 0.328 e. The van der Waals surface area contributed by atoms with Gasteiger partial charge in [-0.15, -0.1) is 0 Å². The molecule has 4 heteroatoms. The lowest BCUT2D eigenvalue weighted by molar-refractivity contribution is -0.131. The average Bonchev–Trinajstić information content (AvgIpc) is 2.40. The van der Waals surface area contributed by atoms with Crippen LogP contribution in [0, 0.1) is 0 Å². The predicted molar refractivity (Wildman–Crippen MR) is 77.6 cm³/mol. The van der Waals surface area contributed by atoms with Crippen molar-refractivity contribution >= 4 is 34.7 Å². The molecular formula is C15H10Cl2O2. The number of benzene rings is 2. The summed E-state index contributed by atoms with van der Waals surface area (Å²) in [5.41, 5.74) is 2.11. The van der Waals surface area contributed by atoms with Gasteiger partial charge in [0.1, 0.15) is 0 Å². The van der Waals surface area contributed by atoms with E-state index in [-0.39, 0.29) is 0 Å². The fraction of sp³-hybridized carbons (Fsp3) is 0. The van der Waals surface area contributed by atoms with Crippen molar-refractivity contribution in [1.82, 2.24) is 0 Å². The fourth-order valence-electron chi connectivity index (χ4n) is 1.74. The van der Waals surface area contributed by atoms with E-state index in [0.29, 0.717) is 21.2 Å². The van der Waals surface area contributed by atoms with Gasteiger partial charge in [0, 0.05) is 6.08 Å². The van der Waals surface area contributed by atoms with Gasteiger partial charge in [-0.2, -0.15) is 0 Å². The summed E-state index contributed by atoms with van der Waals surface area (Å²) in [5, 5.41) is 9.83. The molecule has 0 fully saturated rings. The minimum atomic E-state index is -1.01. The molecule has 19 heavy (non-hydrogen) atoms. The second-order valence-electron chi connectivity index (χ2n) is 3.89. The zero-order valence-corrected chi connectivity index (χ0v) is 11.3. The normalized spacial score (nSPS) is 11.4. The van der Waals surface area contributed by atoms with Crippen LogP contribution in [-0.4, -0.2) is 11.1 Å². The summed E-state index contributed by atoms with van der Waals surface area (Å²) in [6, 6.07) is 14.3. The van der Waals surface area contributed by atoms with E-state index in [9.17, 15) is 4.79 Å². The minimum absolute atomic E-state index is 0.395. The monoisotopic (exact) mass is 292 g/mol. The van der Waals surface area contributed by atoms with Crippen LogP contribution in [0.4, 0.5) is 0 Å². The van der Waals surface area contributed by atoms with Gasteiger partial charge in [0.15, 0.2) is 0 Å². The molecule has 2 rings (SSSR count). The van der Waals surface area contributed by atoms with Crippen molar-refractivity contribution in [1.29, 1.82) is 0 Å². The van der Waals surface area contributed by atoms with E-state index >= 15 is 0 Å². The van der Waals surface area contributed by atoms with Crippen molar-refractivity contribution in [3.8, 4) is 0 Å². The van der Waals surface area contributed by atoms with Crippen molar-refractivity contribution in [3.05, 3.63) is 75.8 Å². The zero-order valence-electron chi connectivity index (χ0n) is 9.81. The van der Waals surface area contributed by atoms with Gasteiger partial charge in [-0.1, -0.05) is 59.6 Å². The van der Waals surface area contributed by atoms with Gasteiger partial charge in [0.2, 0.25) is 0 Å². The smallest absolute Gasteiger partial charge is 0.328 e. The summed E-state index contributed by atoms with van der Waals surface area (Å²) in [4.78, 5) is 11.0. The highest BCUT2D eigenvalue weighted by Crippen LogP contribution is 2.29. The molecule has 0 saturated heterocycles. The molecule has 0 aromatic heterocycles. The van der Waals surface area contributed by atoms with Crippen LogP contribution in [0.5, 0.6) is 0 Å². The van der Waals surface area contributed by atoms with Gasteiger partial charge in [0.05, 0.1) is 10.0 Å². The van der Waals surface area contributed by atoms with Crippen molar-refractivity contribution < 1.29 is 9.90 Å². The molecule has 0 saturated carbocycles. The summed E-state index contributed by atoms with van der Waals surface area (Å²) in [6.45, 7) is 0. The van der Waals surface area contributed by atoms with Crippen molar-refractivity contribution in [3.63, 3.8) is 0 Å². The number of carboxylic acid groups (broad SMARTS) is 1. The first-order chi connectivity index (χ1) is 9.08. The standard InChI is InChI=1S/C15H10Cl2O2/c16-13-7-6-11(8-14(13)17)12(9-15(18)19)10-4-2-1-3-5-10/h1-9H,(H,18,19)/b12-9+. The number of carboxylic acids is 1. The second-order valence-corrected chi connectivity index (χ2v) is 4.71. The third kappa shape index (κ3) is 3.37. The SMILES string of the molecule is O=C(O)/C=C(\c1ccccc1)c1ccc(Cl)c(Cl)c1.